The minimum absolute atomic E-state index is 0.148. The number of piperidine rings is 1. The van der Waals surface area contributed by atoms with Crippen LogP contribution in [0.25, 0.3) is 22.4 Å². The normalized spacial score (nSPS) is 21.5. The van der Waals surface area contributed by atoms with E-state index in [1.807, 2.05) is 36.5 Å². The van der Waals surface area contributed by atoms with Gasteiger partial charge in [0.05, 0.1) is 16.9 Å². The molecule has 0 radical (unpaired) electrons. The van der Waals surface area contributed by atoms with Crippen molar-refractivity contribution >= 4 is 17.4 Å². The summed E-state index contributed by atoms with van der Waals surface area (Å²) in [5.41, 5.74) is 3.81. The zero-order chi connectivity index (χ0) is 21.5. The van der Waals surface area contributed by atoms with Gasteiger partial charge in [0, 0.05) is 42.5 Å². The van der Waals surface area contributed by atoms with E-state index >= 15 is 0 Å². The first-order chi connectivity index (χ1) is 14.3. The van der Waals surface area contributed by atoms with Gasteiger partial charge in [-0.3, -0.25) is 5.10 Å². The van der Waals surface area contributed by atoms with Crippen molar-refractivity contribution in [3.05, 3.63) is 47.7 Å². The average Bonchev–Trinajstić information content (AvgIpc) is 3.27. The van der Waals surface area contributed by atoms with Crippen molar-refractivity contribution in [1.82, 2.24) is 25.3 Å². The van der Waals surface area contributed by atoms with Gasteiger partial charge in [-0.05, 0) is 57.0 Å². The van der Waals surface area contributed by atoms with Crippen molar-refractivity contribution in [2.45, 2.75) is 38.8 Å². The van der Waals surface area contributed by atoms with Gasteiger partial charge < -0.3 is 9.80 Å². The maximum atomic E-state index is 6.56. The van der Waals surface area contributed by atoms with Gasteiger partial charge in [0.15, 0.2) is 5.82 Å². The molecule has 158 valence electrons. The Hall–Kier alpha value is -2.44. The average molecular weight is 425 g/mol. The van der Waals surface area contributed by atoms with Gasteiger partial charge in [-0.2, -0.15) is 5.10 Å². The Morgan fingerprint density at radius 1 is 1.17 bits per heavy atom. The molecule has 1 N–H and O–H groups in total. The summed E-state index contributed by atoms with van der Waals surface area (Å²) in [6, 6.07) is 10.4. The molecule has 0 bridgehead atoms. The van der Waals surface area contributed by atoms with E-state index in [-0.39, 0.29) is 5.54 Å². The van der Waals surface area contributed by atoms with E-state index in [1.54, 1.807) is 6.20 Å². The van der Waals surface area contributed by atoms with Crippen molar-refractivity contribution in [2.24, 2.45) is 5.92 Å². The number of anilines is 1. The summed E-state index contributed by atoms with van der Waals surface area (Å²) in [4.78, 5) is 4.73. The second-order valence-electron chi connectivity index (χ2n) is 8.79. The van der Waals surface area contributed by atoms with Crippen LogP contribution < -0.4 is 4.90 Å². The zero-order valence-corrected chi connectivity index (χ0v) is 19.0. The molecule has 30 heavy (non-hydrogen) atoms. The van der Waals surface area contributed by atoms with Crippen LogP contribution in [0.15, 0.2) is 42.7 Å². The minimum Gasteiger partial charge on any atom is -0.355 e. The third kappa shape index (κ3) is 3.70. The summed E-state index contributed by atoms with van der Waals surface area (Å²) in [6.07, 6.45) is 4.74. The van der Waals surface area contributed by atoms with Crippen LogP contribution in [-0.2, 0) is 0 Å². The van der Waals surface area contributed by atoms with E-state index < -0.39 is 0 Å². The lowest BCUT2D eigenvalue weighted by Gasteiger charge is -2.51. The highest BCUT2D eigenvalue weighted by molar-refractivity contribution is 6.33. The lowest BCUT2D eigenvalue weighted by Crippen LogP contribution is -2.59. The topological polar surface area (TPSA) is 60.9 Å². The molecular formula is C23H29ClN6. The predicted molar refractivity (Wildman–Crippen MR) is 123 cm³/mol. The van der Waals surface area contributed by atoms with Crippen LogP contribution in [0, 0.1) is 5.92 Å². The van der Waals surface area contributed by atoms with Crippen molar-refractivity contribution in [2.75, 3.05) is 25.5 Å². The smallest absolute Gasteiger partial charge is 0.151 e. The number of nitrogens with one attached hydrogen (secondary N) is 1. The molecule has 0 spiro atoms. The fraction of sp³-hybridized carbons (Fsp3) is 0.435. The van der Waals surface area contributed by atoms with E-state index in [0.717, 1.165) is 41.2 Å². The van der Waals surface area contributed by atoms with E-state index in [1.165, 1.54) is 0 Å². The number of benzene rings is 1. The van der Waals surface area contributed by atoms with Gasteiger partial charge in [0.1, 0.15) is 0 Å². The second kappa shape index (κ2) is 8.00. The molecule has 2 atom stereocenters. The van der Waals surface area contributed by atoms with Crippen LogP contribution in [0.4, 0.5) is 5.82 Å². The number of hydrogen-bond donors (Lipinski definition) is 1. The molecule has 2 unspecified atom stereocenters. The van der Waals surface area contributed by atoms with Crippen molar-refractivity contribution in [3.8, 4) is 22.4 Å². The van der Waals surface area contributed by atoms with Gasteiger partial charge in [-0.1, -0.05) is 30.7 Å². The summed E-state index contributed by atoms with van der Waals surface area (Å²) in [5.74, 6) is 1.40. The maximum Gasteiger partial charge on any atom is 0.151 e. The Bertz CT molecular complexity index is 999. The first-order valence-electron chi connectivity index (χ1n) is 10.4. The van der Waals surface area contributed by atoms with Gasteiger partial charge in [0.2, 0.25) is 0 Å². The number of nitrogens with zero attached hydrogens (tertiary/aromatic N) is 5. The lowest BCUT2D eigenvalue weighted by atomic mass is 9.77. The molecule has 0 aliphatic carbocycles. The van der Waals surface area contributed by atoms with E-state index in [4.69, 9.17) is 11.6 Å². The van der Waals surface area contributed by atoms with E-state index in [0.29, 0.717) is 17.0 Å². The van der Waals surface area contributed by atoms with Gasteiger partial charge in [-0.15, -0.1) is 10.2 Å². The van der Waals surface area contributed by atoms with E-state index in [2.05, 4.69) is 65.1 Å². The predicted octanol–water partition coefficient (Wildman–Crippen LogP) is 4.74. The molecule has 4 rings (SSSR count). The number of halogens is 1. The molecule has 3 aromatic rings. The molecule has 1 aromatic carbocycles. The molecule has 1 saturated heterocycles. The fourth-order valence-corrected chi connectivity index (χ4v) is 4.63. The number of rotatable bonds is 4. The monoisotopic (exact) mass is 424 g/mol. The number of H-pyrrole nitrogens is 1. The third-order valence-corrected chi connectivity index (χ3v) is 7.33. The summed E-state index contributed by atoms with van der Waals surface area (Å²) >= 11 is 6.56. The van der Waals surface area contributed by atoms with Crippen molar-refractivity contribution in [1.29, 1.82) is 0 Å². The molecule has 1 aliphatic rings. The van der Waals surface area contributed by atoms with Gasteiger partial charge in [-0.25, -0.2) is 0 Å². The van der Waals surface area contributed by atoms with Crippen LogP contribution in [0.1, 0.15) is 27.2 Å². The molecule has 0 amide bonds. The highest BCUT2D eigenvalue weighted by atomic mass is 35.5. The molecule has 7 heteroatoms. The first-order valence-corrected chi connectivity index (χ1v) is 10.7. The quantitative estimate of drug-likeness (QED) is 0.655. The Labute approximate surface area is 183 Å². The maximum absolute atomic E-state index is 6.56. The summed E-state index contributed by atoms with van der Waals surface area (Å²) in [7, 11) is 4.34. The molecule has 0 saturated carbocycles. The number of aromatic nitrogens is 4. The van der Waals surface area contributed by atoms with Crippen LogP contribution in [0.2, 0.25) is 5.02 Å². The standard InChI is InChI=1S/C23H29ClN6/c1-15-21(10-11-29(4)23(15,2)3)30(5)22-9-8-20(27-28-22)18-7-6-16(12-19(18)24)17-13-25-26-14-17/h6-9,12-15,21H,10-11H2,1-5H3,(H,25,26). The van der Waals surface area contributed by atoms with Crippen LogP contribution in [0.5, 0.6) is 0 Å². The second-order valence-corrected chi connectivity index (χ2v) is 9.20. The summed E-state index contributed by atoms with van der Waals surface area (Å²) < 4.78 is 0. The highest BCUT2D eigenvalue weighted by Gasteiger charge is 2.41. The SMILES string of the molecule is CC1C(N(C)c2ccc(-c3ccc(-c4cn[nH]c4)cc3Cl)nn2)CCN(C)C1(C)C. The molecule has 6 nitrogen and oxygen atoms in total. The molecule has 1 aliphatic heterocycles. The minimum atomic E-state index is 0.148. The van der Waals surface area contributed by atoms with Crippen LogP contribution in [-0.4, -0.2) is 57.5 Å². The van der Waals surface area contributed by atoms with Crippen LogP contribution >= 0.6 is 11.6 Å². The largest absolute Gasteiger partial charge is 0.355 e. The van der Waals surface area contributed by atoms with E-state index in [9.17, 15) is 0 Å². The summed E-state index contributed by atoms with van der Waals surface area (Å²) in [6.45, 7) is 8.06. The molecule has 1 fully saturated rings. The fourth-order valence-electron chi connectivity index (χ4n) is 4.35. The number of hydrogen-bond acceptors (Lipinski definition) is 5. The lowest BCUT2D eigenvalue weighted by molar-refractivity contribution is 0.0391. The Morgan fingerprint density at radius 2 is 1.97 bits per heavy atom. The zero-order valence-electron chi connectivity index (χ0n) is 18.2. The Balaban J connectivity index is 1.54. The number of aromatic amines is 1. The molecular weight excluding hydrogens is 396 g/mol. The van der Waals surface area contributed by atoms with Crippen LogP contribution in [0.3, 0.4) is 0 Å². The van der Waals surface area contributed by atoms with Gasteiger partial charge >= 0.3 is 0 Å². The summed E-state index contributed by atoms with van der Waals surface area (Å²) in [5, 5.41) is 16.5. The Kier molecular flexibility index (Phi) is 5.55. The first kappa shape index (κ1) is 20.8. The number of likely N-dealkylation sites (tertiary alicyclic amines) is 1. The van der Waals surface area contributed by atoms with Crippen molar-refractivity contribution < 1.29 is 0 Å². The molecule has 3 heterocycles. The highest BCUT2D eigenvalue weighted by Crippen LogP contribution is 2.36. The van der Waals surface area contributed by atoms with Crippen molar-refractivity contribution in [3.63, 3.8) is 0 Å². The Morgan fingerprint density at radius 3 is 2.60 bits per heavy atom. The molecule has 2 aromatic heterocycles. The third-order valence-electron chi connectivity index (χ3n) is 7.02. The van der Waals surface area contributed by atoms with Gasteiger partial charge in [0.25, 0.3) is 0 Å².